The van der Waals surface area contributed by atoms with Gasteiger partial charge in [-0.25, -0.2) is 13.2 Å². The van der Waals surface area contributed by atoms with Gasteiger partial charge < -0.3 is 0 Å². The van der Waals surface area contributed by atoms with Crippen molar-refractivity contribution < 1.29 is 22.0 Å². The van der Waals surface area contributed by atoms with Gasteiger partial charge in [0.1, 0.15) is 17.5 Å². The van der Waals surface area contributed by atoms with Crippen LogP contribution in [0, 0.1) is 17.5 Å². The number of hydrogen-bond acceptors (Lipinski definition) is 0. The molecule has 0 spiro atoms. The minimum atomic E-state index is -2.26. The molecule has 0 radical (unpaired) electrons. The average Bonchev–Trinajstić information content (AvgIpc) is 2.65. The van der Waals surface area contributed by atoms with Crippen LogP contribution in [-0.4, -0.2) is 0 Å². The van der Waals surface area contributed by atoms with Gasteiger partial charge in [-0.3, -0.25) is 0 Å². The van der Waals surface area contributed by atoms with Crippen LogP contribution < -0.4 is 0 Å². The van der Waals surface area contributed by atoms with Crippen molar-refractivity contribution in [1.29, 1.82) is 0 Å². The lowest BCUT2D eigenvalue weighted by molar-refractivity contribution is 0.428. The zero-order valence-electron chi connectivity index (χ0n) is 15.3. The maximum atomic E-state index is 14.6. The number of rotatable bonds is 6. The smallest absolute Gasteiger partial charge is 0.206 e. The van der Waals surface area contributed by atoms with Crippen LogP contribution in [0.5, 0.6) is 0 Å². The van der Waals surface area contributed by atoms with Gasteiger partial charge in [-0.2, -0.15) is 8.78 Å². The molecular formula is C23H19F5. The van der Waals surface area contributed by atoms with E-state index in [1.807, 2.05) is 24.3 Å². The number of benzene rings is 3. The van der Waals surface area contributed by atoms with Crippen molar-refractivity contribution in [2.75, 3.05) is 0 Å². The molecule has 0 bridgehead atoms. The Morgan fingerprint density at radius 3 is 2.21 bits per heavy atom. The zero-order valence-corrected chi connectivity index (χ0v) is 15.3. The summed E-state index contributed by atoms with van der Waals surface area (Å²) in [6.45, 7) is 2.14. The van der Waals surface area contributed by atoms with Crippen molar-refractivity contribution in [3.8, 4) is 11.1 Å². The highest BCUT2D eigenvalue weighted by Gasteiger charge is 2.17. The molecule has 0 aliphatic heterocycles. The normalized spacial score (nSPS) is 11.1. The van der Waals surface area contributed by atoms with Crippen LogP contribution in [0.25, 0.3) is 28.0 Å². The topological polar surface area (TPSA) is 0 Å². The first-order valence-corrected chi connectivity index (χ1v) is 9.14. The minimum absolute atomic E-state index is 0.0200. The number of aryl methyl sites for hydroxylation is 1. The molecule has 0 saturated heterocycles. The van der Waals surface area contributed by atoms with Crippen LogP contribution in [0.1, 0.15) is 37.3 Å². The molecule has 28 heavy (non-hydrogen) atoms. The van der Waals surface area contributed by atoms with Gasteiger partial charge in [0.15, 0.2) is 0 Å². The van der Waals surface area contributed by atoms with Crippen molar-refractivity contribution in [3.05, 3.63) is 77.1 Å². The van der Waals surface area contributed by atoms with Crippen LogP contribution >= 0.6 is 0 Å². The summed E-state index contributed by atoms with van der Waals surface area (Å²) in [7, 11) is 0. The maximum absolute atomic E-state index is 14.6. The lowest BCUT2D eigenvalue weighted by Gasteiger charge is -2.10. The fourth-order valence-corrected chi connectivity index (χ4v) is 3.28. The van der Waals surface area contributed by atoms with Crippen molar-refractivity contribution in [3.63, 3.8) is 0 Å². The average molecular weight is 390 g/mol. The quantitative estimate of drug-likeness (QED) is 0.296. The van der Waals surface area contributed by atoms with Crippen LogP contribution in [-0.2, 0) is 6.42 Å². The van der Waals surface area contributed by atoms with Crippen LogP contribution in [0.15, 0.2) is 48.5 Å². The van der Waals surface area contributed by atoms with Crippen molar-refractivity contribution in [2.24, 2.45) is 0 Å². The first-order chi connectivity index (χ1) is 13.4. The predicted molar refractivity (Wildman–Crippen MR) is 103 cm³/mol. The van der Waals surface area contributed by atoms with Crippen molar-refractivity contribution in [2.45, 2.75) is 32.6 Å². The Labute approximate surface area is 160 Å². The molecule has 0 fully saturated rings. The van der Waals surface area contributed by atoms with E-state index >= 15 is 0 Å². The van der Waals surface area contributed by atoms with E-state index in [0.717, 1.165) is 37.8 Å². The maximum Gasteiger partial charge on any atom is 0.271 e. The summed E-state index contributed by atoms with van der Waals surface area (Å²) in [6.07, 6.45) is 2.14. The Kier molecular flexibility index (Phi) is 6.12. The summed E-state index contributed by atoms with van der Waals surface area (Å²) < 4.78 is 67.9. The second-order valence-electron chi connectivity index (χ2n) is 6.73. The largest absolute Gasteiger partial charge is 0.271 e. The second kappa shape index (κ2) is 8.55. The van der Waals surface area contributed by atoms with Crippen molar-refractivity contribution >= 4 is 16.8 Å². The third kappa shape index (κ3) is 4.24. The van der Waals surface area contributed by atoms with Gasteiger partial charge in [0.05, 0.1) is 10.9 Å². The molecule has 0 aliphatic rings. The number of hydrogen-bond donors (Lipinski definition) is 0. The second-order valence-corrected chi connectivity index (χ2v) is 6.73. The molecule has 0 saturated carbocycles. The highest BCUT2D eigenvalue weighted by atomic mass is 19.3. The van der Waals surface area contributed by atoms with E-state index in [0.29, 0.717) is 11.1 Å². The molecule has 0 heterocycles. The first-order valence-electron chi connectivity index (χ1n) is 9.14. The van der Waals surface area contributed by atoms with Gasteiger partial charge in [-0.05, 0) is 53.1 Å². The summed E-state index contributed by atoms with van der Waals surface area (Å²) in [5.41, 5.74) is 1.39. The fraction of sp³-hybridized carbons (Fsp3) is 0.217. The molecule has 0 nitrogen and oxygen atoms in total. The van der Waals surface area contributed by atoms with Gasteiger partial charge in [-0.15, -0.1) is 0 Å². The Morgan fingerprint density at radius 1 is 0.857 bits per heavy atom. The minimum Gasteiger partial charge on any atom is -0.206 e. The first kappa shape index (κ1) is 20.1. The predicted octanol–water partition coefficient (Wildman–Crippen LogP) is 7.89. The van der Waals surface area contributed by atoms with Gasteiger partial charge in [0, 0.05) is 6.08 Å². The number of halogens is 5. The van der Waals surface area contributed by atoms with Gasteiger partial charge in [0.25, 0.3) is 6.08 Å². The molecule has 5 heteroatoms. The molecule has 146 valence electrons. The Balaban J connectivity index is 2.01. The molecule has 3 rings (SSSR count). The summed E-state index contributed by atoms with van der Waals surface area (Å²) in [4.78, 5) is 0. The van der Waals surface area contributed by atoms with Gasteiger partial charge in [-0.1, -0.05) is 44.0 Å². The molecule has 3 aromatic carbocycles. The highest BCUT2D eigenvalue weighted by Crippen LogP contribution is 2.32. The van der Waals surface area contributed by atoms with Crippen molar-refractivity contribution in [1.82, 2.24) is 0 Å². The summed E-state index contributed by atoms with van der Waals surface area (Å²) in [6, 6.07) is 11.0. The highest BCUT2D eigenvalue weighted by molar-refractivity contribution is 5.90. The molecule has 0 aliphatic carbocycles. The number of fused-ring (bicyclic) bond motifs is 1. The van der Waals surface area contributed by atoms with E-state index < -0.39 is 34.5 Å². The van der Waals surface area contributed by atoms with Crippen LogP contribution in [0.3, 0.4) is 0 Å². The Bertz CT molecular complexity index is 1020. The van der Waals surface area contributed by atoms with E-state index in [-0.39, 0.29) is 11.5 Å². The summed E-state index contributed by atoms with van der Waals surface area (Å²) in [5.74, 6) is -3.43. The standard InChI is InChI=1S/C23H19F5/c1-2-3-4-5-14-6-8-15(9-7-14)16-10-17-12-19(24)18(13-21(26)27)23(28)22(17)20(25)11-16/h6-13H,2-5H2,1H3. The lowest BCUT2D eigenvalue weighted by Crippen LogP contribution is -1.95. The lowest BCUT2D eigenvalue weighted by atomic mass is 9.97. The molecule has 0 N–H and O–H groups in total. The third-order valence-electron chi connectivity index (χ3n) is 4.73. The van der Waals surface area contributed by atoms with E-state index in [2.05, 4.69) is 6.92 Å². The zero-order chi connectivity index (χ0) is 20.3. The summed E-state index contributed by atoms with van der Waals surface area (Å²) >= 11 is 0. The van der Waals surface area contributed by atoms with Gasteiger partial charge >= 0.3 is 0 Å². The van der Waals surface area contributed by atoms with E-state index in [1.54, 1.807) is 0 Å². The molecule has 0 amide bonds. The Hall–Kier alpha value is -2.69. The SMILES string of the molecule is CCCCCc1ccc(-c2cc(F)c3c(F)c(C=C(F)F)c(F)cc3c2)cc1. The van der Waals surface area contributed by atoms with Crippen LogP contribution in [0.4, 0.5) is 22.0 Å². The number of unbranched alkanes of at least 4 members (excludes halogenated alkanes) is 2. The fourth-order valence-electron chi connectivity index (χ4n) is 3.28. The van der Waals surface area contributed by atoms with E-state index in [4.69, 9.17) is 0 Å². The third-order valence-corrected chi connectivity index (χ3v) is 4.73. The Morgan fingerprint density at radius 2 is 1.57 bits per heavy atom. The van der Waals surface area contributed by atoms with E-state index in [9.17, 15) is 22.0 Å². The molecule has 0 atom stereocenters. The molecule has 3 aromatic rings. The molecular weight excluding hydrogens is 371 g/mol. The molecule has 0 aromatic heterocycles. The molecule has 0 unspecified atom stereocenters. The van der Waals surface area contributed by atoms with Crippen LogP contribution in [0.2, 0.25) is 0 Å². The monoisotopic (exact) mass is 390 g/mol. The summed E-state index contributed by atoms with van der Waals surface area (Å²) in [5, 5.41) is -0.526. The van der Waals surface area contributed by atoms with E-state index in [1.165, 1.54) is 11.6 Å². The van der Waals surface area contributed by atoms with Gasteiger partial charge in [0.2, 0.25) is 0 Å².